The van der Waals surface area contributed by atoms with Crippen LogP contribution in [0.2, 0.25) is 0 Å². The van der Waals surface area contributed by atoms with Crippen molar-refractivity contribution in [1.82, 2.24) is 0 Å². The minimum Gasteiger partial charge on any atom is -0.381 e. The van der Waals surface area contributed by atoms with Crippen LogP contribution in [0.1, 0.15) is 0 Å². The number of ether oxygens (including phenoxy) is 2. The molecule has 0 aliphatic rings. The third-order valence-corrected chi connectivity index (χ3v) is 1.05. The fourth-order valence-corrected chi connectivity index (χ4v) is 0.507. The summed E-state index contributed by atoms with van der Waals surface area (Å²) in [4.78, 5) is 0. The maximum atomic E-state index is 5.22. The van der Waals surface area contributed by atoms with E-state index in [4.69, 9.17) is 16.1 Å². The first kappa shape index (κ1) is 9.40. The molecule has 0 spiro atoms. The predicted molar refractivity (Wildman–Crippen MR) is 40.7 cm³/mol. The van der Waals surface area contributed by atoms with Crippen molar-refractivity contribution >= 4 is 0 Å². The zero-order chi connectivity index (χ0) is 7.82. The first-order valence-corrected chi connectivity index (χ1v) is 3.08. The van der Waals surface area contributed by atoms with E-state index < -0.39 is 0 Å². The molecule has 0 saturated heterocycles. The maximum Gasteiger partial charge on any atom is 0.0937 e. The van der Waals surface area contributed by atoms with E-state index >= 15 is 0 Å². The largest absolute Gasteiger partial charge is 0.381 e. The molecule has 0 aromatic rings. The van der Waals surface area contributed by atoms with Crippen molar-refractivity contribution in [2.24, 2.45) is 0 Å². The Hall–Kier alpha value is -0.600. The highest BCUT2D eigenvalue weighted by molar-refractivity contribution is 4.97. The van der Waals surface area contributed by atoms with Gasteiger partial charge in [0.25, 0.3) is 0 Å². The molecule has 0 heterocycles. The van der Waals surface area contributed by atoms with Crippen molar-refractivity contribution in [1.29, 1.82) is 0 Å². The number of rotatable bonds is 5. The molecular formula is C8H13O2. The van der Waals surface area contributed by atoms with Crippen molar-refractivity contribution in [3.8, 4) is 0 Å². The summed E-state index contributed by atoms with van der Waals surface area (Å²) in [5.74, 6) is 0. The fraction of sp³-hybridized carbons (Fsp3) is 0.500. The van der Waals surface area contributed by atoms with Gasteiger partial charge in [-0.1, -0.05) is 24.8 Å². The minimum absolute atomic E-state index is 0.102. The second kappa shape index (κ2) is 6.52. The highest BCUT2D eigenvalue weighted by Crippen LogP contribution is 1.92. The lowest BCUT2D eigenvalue weighted by atomic mass is 10.3. The van der Waals surface area contributed by atoms with Crippen molar-refractivity contribution < 1.29 is 9.47 Å². The van der Waals surface area contributed by atoms with Gasteiger partial charge in [-0.15, -0.1) is 0 Å². The van der Waals surface area contributed by atoms with Gasteiger partial charge in [0.1, 0.15) is 0 Å². The van der Waals surface area contributed by atoms with Crippen molar-refractivity contribution in [3.05, 3.63) is 24.8 Å². The molecule has 2 heteroatoms. The molecule has 1 radical (unpaired) electrons. The molecule has 0 aliphatic heterocycles. The van der Waals surface area contributed by atoms with Gasteiger partial charge in [0.05, 0.1) is 12.7 Å². The molecule has 0 aromatic heterocycles. The molecule has 10 heavy (non-hydrogen) atoms. The van der Waals surface area contributed by atoms with Gasteiger partial charge >= 0.3 is 0 Å². The van der Waals surface area contributed by atoms with Gasteiger partial charge in [-0.2, -0.15) is 0 Å². The SMILES string of the molecule is [CH]=CC(C=CCOC)OC. The maximum absolute atomic E-state index is 5.22. The Bertz CT molecular complexity index is 108. The Kier molecular flexibility index (Phi) is 6.13. The van der Waals surface area contributed by atoms with Crippen molar-refractivity contribution in [2.45, 2.75) is 6.10 Å². The molecule has 0 rings (SSSR count). The molecule has 0 saturated carbocycles. The van der Waals surface area contributed by atoms with Crippen LogP contribution in [0.5, 0.6) is 0 Å². The topological polar surface area (TPSA) is 18.5 Å². The Labute approximate surface area is 62.1 Å². The van der Waals surface area contributed by atoms with Gasteiger partial charge in [-0.25, -0.2) is 0 Å². The molecule has 0 bridgehead atoms. The molecule has 0 N–H and O–H groups in total. The lowest BCUT2D eigenvalue weighted by Gasteiger charge is -2.01. The Balaban J connectivity index is 3.50. The normalized spacial score (nSPS) is 13.8. The lowest BCUT2D eigenvalue weighted by molar-refractivity contribution is 0.175. The molecule has 1 unspecified atom stereocenters. The molecule has 0 aliphatic carbocycles. The van der Waals surface area contributed by atoms with E-state index in [0.717, 1.165) is 0 Å². The predicted octanol–water partition coefficient (Wildman–Crippen LogP) is 1.19. The van der Waals surface area contributed by atoms with E-state index in [9.17, 15) is 0 Å². The van der Waals surface area contributed by atoms with E-state index in [0.29, 0.717) is 6.61 Å². The van der Waals surface area contributed by atoms with Crippen LogP contribution >= 0.6 is 0 Å². The van der Waals surface area contributed by atoms with Crippen LogP contribution < -0.4 is 0 Å². The first-order chi connectivity index (χ1) is 4.85. The van der Waals surface area contributed by atoms with E-state index in [1.165, 1.54) is 6.08 Å². The molecule has 0 aromatic carbocycles. The highest BCUT2D eigenvalue weighted by Gasteiger charge is 1.91. The average Bonchev–Trinajstić information content (AvgIpc) is 1.99. The highest BCUT2D eigenvalue weighted by atomic mass is 16.5. The molecule has 2 nitrogen and oxygen atoms in total. The van der Waals surface area contributed by atoms with Crippen molar-refractivity contribution in [3.63, 3.8) is 0 Å². The summed E-state index contributed by atoms with van der Waals surface area (Å²) in [6.07, 6.45) is 5.07. The summed E-state index contributed by atoms with van der Waals surface area (Å²) in [5.41, 5.74) is 0. The molecular weight excluding hydrogens is 128 g/mol. The smallest absolute Gasteiger partial charge is 0.0937 e. The monoisotopic (exact) mass is 141 g/mol. The van der Waals surface area contributed by atoms with E-state index in [1.807, 2.05) is 12.2 Å². The summed E-state index contributed by atoms with van der Waals surface area (Å²) in [6.45, 7) is 5.81. The Morgan fingerprint density at radius 1 is 1.50 bits per heavy atom. The molecule has 0 amide bonds. The number of hydrogen-bond donors (Lipinski definition) is 0. The summed E-state index contributed by atoms with van der Waals surface area (Å²) < 4.78 is 9.71. The van der Waals surface area contributed by atoms with E-state index in [-0.39, 0.29) is 6.10 Å². The van der Waals surface area contributed by atoms with Gasteiger partial charge in [0.15, 0.2) is 0 Å². The minimum atomic E-state index is -0.102. The zero-order valence-electron chi connectivity index (χ0n) is 6.41. The molecule has 57 valence electrons. The molecule has 0 fully saturated rings. The van der Waals surface area contributed by atoms with E-state index in [2.05, 4.69) is 0 Å². The first-order valence-electron chi connectivity index (χ1n) is 3.08. The van der Waals surface area contributed by atoms with Crippen LogP contribution in [0.25, 0.3) is 0 Å². The number of hydrogen-bond acceptors (Lipinski definition) is 2. The Morgan fingerprint density at radius 3 is 2.60 bits per heavy atom. The average molecular weight is 141 g/mol. The van der Waals surface area contributed by atoms with Crippen LogP contribution in [-0.2, 0) is 9.47 Å². The van der Waals surface area contributed by atoms with Gasteiger partial charge < -0.3 is 9.47 Å². The van der Waals surface area contributed by atoms with Crippen LogP contribution in [0.15, 0.2) is 18.2 Å². The lowest BCUT2D eigenvalue weighted by Crippen LogP contribution is -2.01. The second-order valence-electron chi connectivity index (χ2n) is 1.78. The standard InChI is InChI=1S/C8H13O2/c1-4-8(10-3)6-5-7-9-2/h1,4-6,8H,7H2,2-3H3. The summed E-state index contributed by atoms with van der Waals surface area (Å²) >= 11 is 0. The Morgan fingerprint density at radius 2 is 2.20 bits per heavy atom. The van der Waals surface area contributed by atoms with Crippen LogP contribution in [0.3, 0.4) is 0 Å². The van der Waals surface area contributed by atoms with Gasteiger partial charge in [-0.3, -0.25) is 0 Å². The van der Waals surface area contributed by atoms with Gasteiger partial charge in [-0.05, 0) is 0 Å². The van der Waals surface area contributed by atoms with E-state index in [1.54, 1.807) is 14.2 Å². The summed E-state index contributed by atoms with van der Waals surface area (Å²) in [6, 6.07) is 0. The van der Waals surface area contributed by atoms with Gasteiger partial charge in [0.2, 0.25) is 0 Å². The van der Waals surface area contributed by atoms with Crippen LogP contribution in [0, 0.1) is 6.58 Å². The fourth-order valence-electron chi connectivity index (χ4n) is 0.507. The van der Waals surface area contributed by atoms with Crippen LogP contribution in [-0.4, -0.2) is 26.9 Å². The van der Waals surface area contributed by atoms with Crippen LogP contribution in [0.4, 0.5) is 0 Å². The van der Waals surface area contributed by atoms with Gasteiger partial charge in [0, 0.05) is 14.2 Å². The third kappa shape index (κ3) is 4.30. The third-order valence-electron chi connectivity index (χ3n) is 1.05. The zero-order valence-corrected chi connectivity index (χ0v) is 6.41. The number of methoxy groups -OCH3 is 2. The quantitative estimate of drug-likeness (QED) is 0.535. The molecule has 1 atom stereocenters. The summed E-state index contributed by atoms with van der Waals surface area (Å²) in [7, 11) is 3.24. The summed E-state index contributed by atoms with van der Waals surface area (Å²) in [5, 5.41) is 0. The van der Waals surface area contributed by atoms with Crippen molar-refractivity contribution in [2.75, 3.05) is 20.8 Å². The second-order valence-corrected chi connectivity index (χ2v) is 1.78.